The van der Waals surface area contributed by atoms with Gasteiger partial charge in [0.2, 0.25) is 5.91 Å². The van der Waals surface area contributed by atoms with E-state index < -0.39 is 5.92 Å². The van der Waals surface area contributed by atoms with Crippen LogP contribution in [0, 0.1) is 6.92 Å². The summed E-state index contributed by atoms with van der Waals surface area (Å²) in [5.41, 5.74) is 2.80. The number of amides is 1. The average Bonchev–Trinajstić information content (AvgIpc) is 3.07. The first-order valence-corrected chi connectivity index (χ1v) is 9.79. The van der Waals surface area contributed by atoms with Gasteiger partial charge in [-0.3, -0.25) is 9.59 Å². The summed E-state index contributed by atoms with van der Waals surface area (Å²) >= 11 is 5.84. The molecule has 0 saturated carbocycles. The van der Waals surface area contributed by atoms with Crippen LogP contribution in [0.3, 0.4) is 0 Å². The van der Waals surface area contributed by atoms with Crippen molar-refractivity contribution < 1.29 is 4.79 Å². The van der Waals surface area contributed by atoms with Crippen molar-refractivity contribution in [3.05, 3.63) is 74.8 Å². The number of hydrogen-bond donors (Lipinski definition) is 1. The summed E-state index contributed by atoms with van der Waals surface area (Å²) in [5, 5.41) is 16.6. The summed E-state index contributed by atoms with van der Waals surface area (Å²) in [6.07, 6.45) is 0.166. The Morgan fingerprint density at radius 3 is 2.70 bits per heavy atom. The molecule has 0 saturated heterocycles. The van der Waals surface area contributed by atoms with Gasteiger partial charge >= 0.3 is 0 Å². The maximum Gasteiger partial charge on any atom is 0.254 e. The molecule has 3 aromatic heterocycles. The maximum atomic E-state index is 13.2. The summed E-state index contributed by atoms with van der Waals surface area (Å²) in [6, 6.07) is 12.8. The van der Waals surface area contributed by atoms with E-state index >= 15 is 0 Å². The van der Waals surface area contributed by atoms with Crippen molar-refractivity contribution in [1.82, 2.24) is 24.5 Å². The number of para-hydroxylation sites is 1. The van der Waals surface area contributed by atoms with Crippen LogP contribution in [0.4, 0.5) is 5.82 Å². The lowest BCUT2D eigenvalue weighted by Crippen LogP contribution is -2.30. The van der Waals surface area contributed by atoms with Crippen LogP contribution in [-0.2, 0) is 11.8 Å². The molecule has 1 atom stereocenters. The van der Waals surface area contributed by atoms with Crippen molar-refractivity contribution in [2.24, 2.45) is 7.05 Å². The molecule has 30 heavy (non-hydrogen) atoms. The molecule has 5 rings (SSSR count). The third-order valence-electron chi connectivity index (χ3n) is 5.47. The van der Waals surface area contributed by atoms with E-state index in [2.05, 4.69) is 20.6 Å². The van der Waals surface area contributed by atoms with Crippen LogP contribution in [0.1, 0.15) is 29.2 Å². The van der Waals surface area contributed by atoms with Gasteiger partial charge in [0, 0.05) is 30.5 Å². The van der Waals surface area contributed by atoms with Gasteiger partial charge in [-0.1, -0.05) is 29.8 Å². The summed E-state index contributed by atoms with van der Waals surface area (Å²) < 4.78 is 3.16. The first kappa shape index (κ1) is 18.5. The van der Waals surface area contributed by atoms with E-state index in [0.29, 0.717) is 22.9 Å². The minimum absolute atomic E-state index is 0.127. The lowest BCUT2D eigenvalue weighted by atomic mass is 9.86. The van der Waals surface area contributed by atoms with Gasteiger partial charge in [0.1, 0.15) is 5.82 Å². The largest absolute Gasteiger partial charge is 0.311 e. The molecule has 4 heterocycles. The highest BCUT2D eigenvalue weighted by atomic mass is 35.5. The van der Waals surface area contributed by atoms with E-state index in [1.807, 2.05) is 37.3 Å². The Morgan fingerprint density at radius 1 is 1.13 bits per heavy atom. The quantitative estimate of drug-likeness (QED) is 0.538. The van der Waals surface area contributed by atoms with Gasteiger partial charge in [0.25, 0.3) is 5.56 Å². The molecule has 0 fully saturated rings. The van der Waals surface area contributed by atoms with Crippen molar-refractivity contribution >= 4 is 34.2 Å². The van der Waals surface area contributed by atoms with Crippen LogP contribution in [-0.4, -0.2) is 30.5 Å². The Bertz CT molecular complexity index is 1370. The van der Waals surface area contributed by atoms with Crippen LogP contribution in [0.5, 0.6) is 0 Å². The molecule has 4 aromatic rings. The van der Waals surface area contributed by atoms with Gasteiger partial charge in [0.15, 0.2) is 11.0 Å². The van der Waals surface area contributed by atoms with Gasteiger partial charge in [-0.25, -0.2) is 0 Å². The predicted molar refractivity (Wildman–Crippen MR) is 113 cm³/mol. The number of rotatable bonds is 2. The number of hydrogen-bond acceptors (Lipinski definition) is 5. The molecule has 8 nitrogen and oxygen atoms in total. The van der Waals surface area contributed by atoms with E-state index in [4.69, 9.17) is 11.6 Å². The molecule has 0 unspecified atom stereocenters. The monoisotopic (exact) mass is 420 g/mol. The normalized spacial score (nSPS) is 15.8. The molecule has 1 aliphatic heterocycles. The summed E-state index contributed by atoms with van der Waals surface area (Å²) in [5.74, 6) is 0.327. The van der Waals surface area contributed by atoms with Crippen molar-refractivity contribution in [3.63, 3.8) is 0 Å². The van der Waals surface area contributed by atoms with Gasteiger partial charge in [-0.05, 0) is 36.6 Å². The number of aromatic nitrogens is 5. The average molecular weight is 421 g/mol. The number of benzene rings is 1. The van der Waals surface area contributed by atoms with Crippen LogP contribution in [0.2, 0.25) is 5.15 Å². The summed E-state index contributed by atoms with van der Waals surface area (Å²) in [4.78, 5) is 25.8. The van der Waals surface area contributed by atoms with Gasteiger partial charge in [0.05, 0.1) is 11.2 Å². The fourth-order valence-electron chi connectivity index (χ4n) is 4.10. The molecule has 1 aromatic carbocycles. The SMILES string of the molecule is Cc1nn(-c2ccc(Cl)nn2)c2c1[C@H](c1cc3ccccc3n(C)c1=O)CC(=O)N2. The number of pyridine rings is 1. The fraction of sp³-hybridized carbons (Fsp3) is 0.190. The highest BCUT2D eigenvalue weighted by Crippen LogP contribution is 2.39. The number of anilines is 1. The number of fused-ring (bicyclic) bond motifs is 2. The summed E-state index contributed by atoms with van der Waals surface area (Å²) in [6.45, 7) is 1.86. The van der Waals surface area contributed by atoms with Crippen LogP contribution < -0.4 is 10.9 Å². The van der Waals surface area contributed by atoms with Gasteiger partial charge < -0.3 is 9.88 Å². The Morgan fingerprint density at radius 2 is 1.93 bits per heavy atom. The highest BCUT2D eigenvalue weighted by molar-refractivity contribution is 6.29. The first-order chi connectivity index (χ1) is 14.4. The number of halogens is 1. The molecular formula is C21H17ClN6O2. The Labute approximate surface area is 176 Å². The second kappa shape index (κ2) is 6.77. The molecule has 1 aliphatic rings. The summed E-state index contributed by atoms with van der Waals surface area (Å²) in [7, 11) is 1.75. The molecule has 0 spiro atoms. The topological polar surface area (TPSA) is 94.7 Å². The zero-order valence-corrected chi connectivity index (χ0v) is 17.0. The van der Waals surface area contributed by atoms with Crippen molar-refractivity contribution in [2.75, 3.05) is 5.32 Å². The van der Waals surface area contributed by atoms with Crippen molar-refractivity contribution in [3.8, 4) is 5.82 Å². The molecule has 0 aliphatic carbocycles. The Kier molecular flexibility index (Phi) is 4.18. The standard InChI is InChI=1S/C21H17ClN6O2/c1-11-19-13(14-9-12-5-3-4-6-15(12)27(2)21(14)30)10-18(29)23-20(19)28(26-11)17-8-7-16(22)24-25-17/h3-9,13H,10H2,1-2H3,(H,23,29)/t13-/m0/s1. The third-order valence-corrected chi connectivity index (χ3v) is 5.68. The van der Waals surface area contributed by atoms with Gasteiger partial charge in [-0.2, -0.15) is 9.78 Å². The smallest absolute Gasteiger partial charge is 0.254 e. The first-order valence-electron chi connectivity index (χ1n) is 9.41. The molecule has 9 heteroatoms. The molecule has 1 N–H and O–H groups in total. The van der Waals surface area contributed by atoms with Crippen LogP contribution in [0.15, 0.2) is 47.3 Å². The second-order valence-electron chi connectivity index (χ2n) is 7.30. The van der Waals surface area contributed by atoms with Crippen molar-refractivity contribution in [2.45, 2.75) is 19.3 Å². The molecular weight excluding hydrogens is 404 g/mol. The second-order valence-corrected chi connectivity index (χ2v) is 7.69. The zero-order valence-electron chi connectivity index (χ0n) is 16.3. The number of nitrogens with one attached hydrogen (secondary N) is 1. The van der Waals surface area contributed by atoms with E-state index in [-0.39, 0.29) is 23.0 Å². The number of aryl methyl sites for hydroxylation is 2. The molecule has 0 radical (unpaired) electrons. The molecule has 0 bridgehead atoms. The molecule has 1 amide bonds. The van der Waals surface area contributed by atoms with E-state index in [9.17, 15) is 9.59 Å². The fourth-order valence-corrected chi connectivity index (χ4v) is 4.20. The third kappa shape index (κ3) is 2.80. The van der Waals surface area contributed by atoms with Crippen molar-refractivity contribution in [1.29, 1.82) is 0 Å². The van der Waals surface area contributed by atoms with E-state index in [1.54, 1.807) is 23.7 Å². The maximum absolute atomic E-state index is 13.2. The predicted octanol–water partition coefficient (Wildman–Crippen LogP) is 2.95. The number of nitrogens with zero attached hydrogens (tertiary/aromatic N) is 5. The minimum Gasteiger partial charge on any atom is -0.311 e. The number of carbonyl (C=O) groups excluding carboxylic acids is 1. The van der Waals surface area contributed by atoms with Gasteiger partial charge in [-0.15, -0.1) is 10.2 Å². The Balaban J connectivity index is 1.73. The van der Waals surface area contributed by atoms with E-state index in [0.717, 1.165) is 16.5 Å². The van der Waals surface area contributed by atoms with E-state index in [1.165, 1.54) is 4.68 Å². The highest BCUT2D eigenvalue weighted by Gasteiger charge is 2.34. The lowest BCUT2D eigenvalue weighted by molar-refractivity contribution is -0.116. The Hall–Kier alpha value is -3.52. The molecule has 150 valence electrons. The lowest BCUT2D eigenvalue weighted by Gasteiger charge is -2.24. The van der Waals surface area contributed by atoms with Crippen LogP contribution in [0.25, 0.3) is 16.7 Å². The minimum atomic E-state index is -0.411. The van der Waals surface area contributed by atoms with Crippen LogP contribution >= 0.6 is 11.6 Å². The number of carbonyl (C=O) groups is 1. The zero-order chi connectivity index (χ0) is 21.0.